The third-order valence-electron chi connectivity index (χ3n) is 1.86. The lowest BCUT2D eigenvalue weighted by atomic mass is 10.1. The van der Waals surface area contributed by atoms with Crippen molar-refractivity contribution in [3.05, 3.63) is 40.6 Å². The number of hydrogen-bond acceptors (Lipinski definition) is 1. The molecular formula is C13H14ClF3O. The lowest BCUT2D eigenvalue weighted by Crippen LogP contribution is -2.25. The maximum Gasteiger partial charge on any atom is 0.448 e. The second-order valence-electron chi connectivity index (χ2n) is 4.77. The number of hydrogen-bond donors (Lipinski definition) is 0. The van der Waals surface area contributed by atoms with Crippen LogP contribution in [0.1, 0.15) is 26.3 Å². The van der Waals surface area contributed by atoms with E-state index in [1.54, 1.807) is 20.8 Å². The standard InChI is InChI=1S/C13H14ClF3O/c1-12(2,3)18-11(13(15,16)17)8-9-4-6-10(14)7-5-9/h4-8H,1-3H3/b11-8+. The van der Waals surface area contributed by atoms with Crippen molar-refractivity contribution in [1.82, 2.24) is 0 Å². The van der Waals surface area contributed by atoms with Crippen LogP contribution in [0.25, 0.3) is 6.08 Å². The van der Waals surface area contributed by atoms with E-state index >= 15 is 0 Å². The van der Waals surface area contributed by atoms with E-state index in [0.29, 0.717) is 10.6 Å². The summed E-state index contributed by atoms with van der Waals surface area (Å²) in [6, 6.07) is 6.05. The second kappa shape index (κ2) is 5.22. The first kappa shape index (κ1) is 14.9. The van der Waals surface area contributed by atoms with Crippen LogP contribution in [0, 0.1) is 0 Å². The SMILES string of the molecule is CC(C)(C)O/C(=C/c1ccc(Cl)cc1)C(F)(F)F. The van der Waals surface area contributed by atoms with E-state index in [0.717, 1.165) is 6.08 Å². The predicted octanol–water partition coefficient (Wildman–Crippen LogP) is 5.06. The van der Waals surface area contributed by atoms with Crippen LogP contribution in [0.4, 0.5) is 13.2 Å². The van der Waals surface area contributed by atoms with Crippen LogP contribution < -0.4 is 0 Å². The fraction of sp³-hybridized carbons (Fsp3) is 0.385. The number of alkyl halides is 3. The first-order valence-corrected chi connectivity index (χ1v) is 5.69. The first-order chi connectivity index (χ1) is 8.08. The van der Waals surface area contributed by atoms with Gasteiger partial charge in [0, 0.05) is 5.02 Å². The Morgan fingerprint density at radius 2 is 1.61 bits per heavy atom. The summed E-state index contributed by atoms with van der Waals surface area (Å²) in [7, 11) is 0. The van der Waals surface area contributed by atoms with Crippen molar-refractivity contribution in [1.29, 1.82) is 0 Å². The van der Waals surface area contributed by atoms with Gasteiger partial charge in [-0.25, -0.2) is 0 Å². The van der Waals surface area contributed by atoms with Crippen molar-refractivity contribution in [2.75, 3.05) is 0 Å². The molecule has 0 heterocycles. The average Bonchev–Trinajstić information content (AvgIpc) is 2.17. The fourth-order valence-electron chi connectivity index (χ4n) is 1.21. The maximum absolute atomic E-state index is 12.8. The van der Waals surface area contributed by atoms with Gasteiger partial charge in [-0.15, -0.1) is 0 Å². The summed E-state index contributed by atoms with van der Waals surface area (Å²) < 4.78 is 43.3. The Morgan fingerprint density at radius 3 is 2.00 bits per heavy atom. The van der Waals surface area contributed by atoms with Gasteiger partial charge < -0.3 is 4.74 Å². The topological polar surface area (TPSA) is 9.23 Å². The summed E-state index contributed by atoms with van der Waals surface area (Å²) in [6.07, 6.45) is -3.56. The van der Waals surface area contributed by atoms with E-state index in [9.17, 15) is 13.2 Å². The van der Waals surface area contributed by atoms with Gasteiger partial charge in [0.2, 0.25) is 5.76 Å². The zero-order valence-corrected chi connectivity index (χ0v) is 11.1. The lowest BCUT2D eigenvalue weighted by Gasteiger charge is -2.24. The highest BCUT2D eigenvalue weighted by Crippen LogP contribution is 2.31. The number of allylic oxidation sites excluding steroid dienone is 1. The molecule has 18 heavy (non-hydrogen) atoms. The van der Waals surface area contributed by atoms with E-state index in [4.69, 9.17) is 16.3 Å². The third-order valence-corrected chi connectivity index (χ3v) is 2.12. The van der Waals surface area contributed by atoms with Crippen LogP contribution in [-0.4, -0.2) is 11.8 Å². The maximum atomic E-state index is 12.8. The summed E-state index contributed by atoms with van der Waals surface area (Å²) in [5.41, 5.74) is -0.524. The fourth-order valence-corrected chi connectivity index (χ4v) is 1.34. The zero-order valence-electron chi connectivity index (χ0n) is 10.3. The van der Waals surface area contributed by atoms with Crippen molar-refractivity contribution in [2.45, 2.75) is 32.5 Å². The van der Waals surface area contributed by atoms with E-state index in [1.807, 2.05) is 0 Å². The zero-order chi connectivity index (χ0) is 14.0. The molecule has 1 aromatic carbocycles. The molecule has 0 saturated carbocycles. The van der Waals surface area contributed by atoms with Gasteiger partial charge in [0.05, 0.1) is 0 Å². The van der Waals surface area contributed by atoms with Crippen LogP contribution in [0.2, 0.25) is 5.02 Å². The minimum absolute atomic E-state index is 0.385. The van der Waals surface area contributed by atoms with Crippen molar-refractivity contribution < 1.29 is 17.9 Å². The van der Waals surface area contributed by atoms with Crippen LogP contribution >= 0.6 is 11.6 Å². The Labute approximate surface area is 109 Å². The molecule has 0 aliphatic heterocycles. The molecule has 1 nitrogen and oxygen atoms in total. The number of rotatable bonds is 2. The van der Waals surface area contributed by atoms with Gasteiger partial charge in [0.15, 0.2) is 0 Å². The first-order valence-electron chi connectivity index (χ1n) is 5.31. The minimum Gasteiger partial charge on any atom is -0.483 e. The number of halogens is 4. The van der Waals surface area contributed by atoms with E-state index < -0.39 is 17.5 Å². The van der Waals surface area contributed by atoms with Crippen LogP contribution in [0.5, 0.6) is 0 Å². The normalized spacial score (nSPS) is 13.6. The Morgan fingerprint density at radius 1 is 1.11 bits per heavy atom. The highest BCUT2D eigenvalue weighted by Gasteiger charge is 2.38. The molecule has 0 N–H and O–H groups in total. The molecule has 5 heteroatoms. The summed E-state index contributed by atoms with van der Waals surface area (Å²) in [5, 5.41) is 0.470. The van der Waals surface area contributed by atoms with Gasteiger partial charge in [-0.1, -0.05) is 23.7 Å². The molecule has 0 radical (unpaired) electrons. The molecule has 1 aromatic rings. The Bertz CT molecular complexity index is 427. The predicted molar refractivity (Wildman–Crippen MR) is 66.3 cm³/mol. The molecule has 100 valence electrons. The van der Waals surface area contributed by atoms with E-state index in [2.05, 4.69) is 0 Å². The molecule has 0 fully saturated rings. The quantitative estimate of drug-likeness (QED) is 0.687. The highest BCUT2D eigenvalue weighted by molar-refractivity contribution is 6.30. The van der Waals surface area contributed by atoms with Gasteiger partial charge in [-0.05, 0) is 44.5 Å². The highest BCUT2D eigenvalue weighted by atomic mass is 35.5. The van der Waals surface area contributed by atoms with E-state index in [-0.39, 0.29) is 0 Å². The molecule has 1 rings (SSSR count). The summed E-state index contributed by atoms with van der Waals surface area (Å²) in [6.45, 7) is 4.69. The molecule has 0 aromatic heterocycles. The van der Waals surface area contributed by atoms with Crippen molar-refractivity contribution >= 4 is 17.7 Å². The molecule has 0 aliphatic rings. The molecule has 0 unspecified atom stereocenters. The van der Waals surface area contributed by atoms with Crippen molar-refractivity contribution in [3.63, 3.8) is 0 Å². The summed E-state index contributed by atoms with van der Waals surface area (Å²) >= 11 is 5.67. The monoisotopic (exact) mass is 278 g/mol. The van der Waals surface area contributed by atoms with Gasteiger partial charge in [0.25, 0.3) is 0 Å². The van der Waals surface area contributed by atoms with Gasteiger partial charge in [-0.3, -0.25) is 0 Å². The Kier molecular flexibility index (Phi) is 4.32. The van der Waals surface area contributed by atoms with Gasteiger partial charge in [-0.2, -0.15) is 13.2 Å². The Hall–Kier alpha value is -1.16. The largest absolute Gasteiger partial charge is 0.483 e. The molecule has 0 amide bonds. The number of benzene rings is 1. The van der Waals surface area contributed by atoms with Gasteiger partial charge >= 0.3 is 6.18 Å². The second-order valence-corrected chi connectivity index (χ2v) is 5.21. The molecule has 0 spiro atoms. The average molecular weight is 279 g/mol. The third kappa shape index (κ3) is 5.00. The van der Waals surface area contributed by atoms with Crippen molar-refractivity contribution in [2.24, 2.45) is 0 Å². The molecular weight excluding hydrogens is 265 g/mol. The minimum atomic E-state index is -4.52. The van der Waals surface area contributed by atoms with Crippen LogP contribution in [-0.2, 0) is 4.74 Å². The van der Waals surface area contributed by atoms with Crippen LogP contribution in [0.3, 0.4) is 0 Å². The lowest BCUT2D eigenvalue weighted by molar-refractivity contribution is -0.148. The smallest absolute Gasteiger partial charge is 0.448 e. The summed E-state index contributed by atoms with van der Waals surface area (Å²) in [4.78, 5) is 0. The molecule has 0 bridgehead atoms. The molecule has 0 saturated heterocycles. The van der Waals surface area contributed by atoms with E-state index in [1.165, 1.54) is 24.3 Å². The summed E-state index contributed by atoms with van der Waals surface area (Å²) in [5.74, 6) is -1.02. The van der Waals surface area contributed by atoms with Crippen LogP contribution in [0.15, 0.2) is 30.0 Å². The Balaban J connectivity index is 3.07. The molecule has 0 atom stereocenters. The number of ether oxygens (including phenoxy) is 1. The van der Waals surface area contributed by atoms with Gasteiger partial charge in [0.1, 0.15) is 5.60 Å². The van der Waals surface area contributed by atoms with Crippen molar-refractivity contribution in [3.8, 4) is 0 Å². The molecule has 0 aliphatic carbocycles.